The summed E-state index contributed by atoms with van der Waals surface area (Å²) in [6.45, 7) is 3.46. The summed E-state index contributed by atoms with van der Waals surface area (Å²) >= 11 is 12.0. The summed E-state index contributed by atoms with van der Waals surface area (Å²) < 4.78 is 5.94. The van der Waals surface area contributed by atoms with Gasteiger partial charge in [-0.15, -0.1) is 0 Å². The molecular formula is C21H21Cl2NO. The van der Waals surface area contributed by atoms with Gasteiger partial charge in [-0.25, -0.2) is 0 Å². The van der Waals surface area contributed by atoms with Crippen molar-refractivity contribution in [2.24, 2.45) is 0 Å². The maximum Gasteiger partial charge on any atom is 0.143 e. The molecule has 0 radical (unpaired) electrons. The van der Waals surface area contributed by atoms with Crippen LogP contribution >= 0.6 is 23.2 Å². The van der Waals surface area contributed by atoms with Crippen LogP contribution in [0.3, 0.4) is 0 Å². The van der Waals surface area contributed by atoms with Crippen LogP contribution in [0.15, 0.2) is 42.5 Å². The van der Waals surface area contributed by atoms with Crippen molar-refractivity contribution in [2.75, 3.05) is 19.6 Å². The van der Waals surface area contributed by atoms with E-state index < -0.39 is 0 Å². The van der Waals surface area contributed by atoms with Gasteiger partial charge < -0.3 is 9.64 Å². The minimum absolute atomic E-state index is 0.476. The summed E-state index contributed by atoms with van der Waals surface area (Å²) in [6.07, 6.45) is 4.87. The van der Waals surface area contributed by atoms with Crippen LogP contribution in [0.2, 0.25) is 10.0 Å². The lowest BCUT2D eigenvalue weighted by Gasteiger charge is -2.25. The number of hydrogen-bond acceptors (Lipinski definition) is 2. The molecule has 0 aromatic heterocycles. The monoisotopic (exact) mass is 373 g/mol. The largest absolute Gasteiger partial charge is 0.456 e. The van der Waals surface area contributed by atoms with E-state index in [0.29, 0.717) is 15.8 Å². The average molecular weight is 374 g/mol. The second-order valence-corrected chi connectivity index (χ2v) is 6.94. The maximum absolute atomic E-state index is 6.05. The van der Waals surface area contributed by atoms with Crippen molar-refractivity contribution < 1.29 is 4.74 Å². The molecule has 2 nitrogen and oxygen atoms in total. The van der Waals surface area contributed by atoms with Crippen molar-refractivity contribution in [1.82, 2.24) is 4.90 Å². The van der Waals surface area contributed by atoms with Crippen molar-refractivity contribution in [3.05, 3.63) is 58.1 Å². The lowest BCUT2D eigenvalue weighted by Crippen LogP contribution is -2.30. The molecule has 1 heterocycles. The lowest BCUT2D eigenvalue weighted by atomic mass is 10.1. The number of nitrogens with zero attached hydrogens (tertiary/aromatic N) is 1. The van der Waals surface area contributed by atoms with E-state index in [-0.39, 0.29) is 0 Å². The zero-order chi connectivity index (χ0) is 17.5. The molecule has 2 aromatic rings. The summed E-state index contributed by atoms with van der Waals surface area (Å²) in [4.78, 5) is 2.50. The number of ether oxygens (including phenoxy) is 1. The third-order valence-electron chi connectivity index (χ3n) is 4.23. The number of rotatable bonds is 4. The number of likely N-dealkylation sites (tertiary alicyclic amines) is 1. The van der Waals surface area contributed by atoms with Crippen LogP contribution in [0.25, 0.3) is 0 Å². The van der Waals surface area contributed by atoms with Gasteiger partial charge in [0.05, 0.1) is 15.6 Å². The molecule has 0 bridgehead atoms. The van der Waals surface area contributed by atoms with E-state index in [9.17, 15) is 0 Å². The number of benzene rings is 2. The molecule has 130 valence electrons. The predicted molar refractivity (Wildman–Crippen MR) is 105 cm³/mol. The molecule has 1 aliphatic rings. The van der Waals surface area contributed by atoms with Crippen LogP contribution in [0, 0.1) is 11.8 Å². The second kappa shape index (κ2) is 9.15. The van der Waals surface area contributed by atoms with Crippen LogP contribution in [0.4, 0.5) is 0 Å². The second-order valence-electron chi connectivity index (χ2n) is 6.13. The molecule has 25 heavy (non-hydrogen) atoms. The van der Waals surface area contributed by atoms with Crippen LogP contribution in [-0.2, 0) is 0 Å². The van der Waals surface area contributed by atoms with Gasteiger partial charge in [-0.05, 0) is 50.2 Å². The first-order chi connectivity index (χ1) is 12.2. The molecule has 0 spiro atoms. The first-order valence-corrected chi connectivity index (χ1v) is 9.41. The summed E-state index contributed by atoms with van der Waals surface area (Å²) in [7, 11) is 0. The van der Waals surface area contributed by atoms with Crippen LogP contribution in [0.1, 0.15) is 31.2 Å². The zero-order valence-electron chi connectivity index (χ0n) is 14.1. The Hall–Kier alpha value is -1.66. The van der Waals surface area contributed by atoms with E-state index in [1.807, 2.05) is 24.3 Å². The van der Waals surface area contributed by atoms with Crippen LogP contribution in [0.5, 0.6) is 11.5 Å². The van der Waals surface area contributed by atoms with Gasteiger partial charge >= 0.3 is 0 Å². The molecule has 1 saturated heterocycles. The first kappa shape index (κ1) is 18.1. The van der Waals surface area contributed by atoms with Gasteiger partial charge in [-0.2, -0.15) is 0 Å². The maximum atomic E-state index is 6.05. The summed E-state index contributed by atoms with van der Waals surface area (Å²) in [5.74, 6) is 7.89. The fourth-order valence-corrected chi connectivity index (χ4v) is 3.17. The Morgan fingerprint density at radius 1 is 0.960 bits per heavy atom. The number of para-hydroxylation sites is 1. The molecule has 0 N–H and O–H groups in total. The highest BCUT2D eigenvalue weighted by molar-refractivity contribution is 6.42. The predicted octanol–water partition coefficient (Wildman–Crippen LogP) is 6.01. The number of piperidine rings is 1. The Morgan fingerprint density at radius 3 is 2.56 bits per heavy atom. The minimum Gasteiger partial charge on any atom is -0.456 e. The van der Waals surface area contributed by atoms with Crippen molar-refractivity contribution in [1.29, 1.82) is 0 Å². The Morgan fingerprint density at radius 2 is 1.76 bits per heavy atom. The van der Waals surface area contributed by atoms with Gasteiger partial charge in [-0.1, -0.05) is 53.6 Å². The molecule has 0 atom stereocenters. The van der Waals surface area contributed by atoms with Crippen molar-refractivity contribution in [2.45, 2.75) is 25.7 Å². The topological polar surface area (TPSA) is 12.5 Å². The van der Waals surface area contributed by atoms with E-state index in [0.717, 1.165) is 24.3 Å². The fraction of sp³-hybridized carbons (Fsp3) is 0.333. The standard InChI is InChI=1S/C21H21Cl2NO/c22-19-12-11-18(16-20(19)23)25-21-10-3-2-8-17(21)9-4-7-15-24-13-5-1-6-14-24/h2-3,8,10-12,16H,1,5-7,13-15H2. The van der Waals surface area contributed by atoms with Crippen LogP contribution < -0.4 is 4.74 Å². The zero-order valence-corrected chi connectivity index (χ0v) is 15.6. The Bertz CT molecular complexity index is 773. The van der Waals surface area contributed by atoms with E-state index in [2.05, 4.69) is 16.7 Å². The molecule has 2 aromatic carbocycles. The van der Waals surface area contributed by atoms with Crippen molar-refractivity contribution in [3.8, 4) is 23.3 Å². The molecule has 3 rings (SSSR count). The molecule has 1 aliphatic heterocycles. The van der Waals surface area contributed by atoms with E-state index in [1.165, 1.54) is 32.4 Å². The third-order valence-corrected chi connectivity index (χ3v) is 4.97. The third kappa shape index (κ3) is 5.41. The summed E-state index contributed by atoms with van der Waals surface area (Å²) in [5, 5.41) is 0.990. The van der Waals surface area contributed by atoms with E-state index in [4.69, 9.17) is 27.9 Å². The fourth-order valence-electron chi connectivity index (χ4n) is 2.88. The highest BCUT2D eigenvalue weighted by Crippen LogP contribution is 2.30. The Kier molecular flexibility index (Phi) is 6.64. The average Bonchev–Trinajstić information content (AvgIpc) is 2.64. The molecule has 0 unspecified atom stereocenters. The number of halogens is 2. The normalized spacial score (nSPS) is 14.6. The molecule has 4 heteroatoms. The molecule has 0 aliphatic carbocycles. The highest BCUT2D eigenvalue weighted by atomic mass is 35.5. The first-order valence-electron chi connectivity index (χ1n) is 8.65. The van der Waals surface area contributed by atoms with Gasteiger partial charge in [-0.3, -0.25) is 0 Å². The summed E-state index contributed by atoms with van der Waals surface area (Å²) in [6, 6.07) is 13.0. The Labute approximate surface area is 159 Å². The van der Waals surface area contributed by atoms with Gasteiger partial charge in [0, 0.05) is 19.0 Å². The van der Waals surface area contributed by atoms with Gasteiger partial charge in [0.1, 0.15) is 11.5 Å². The lowest BCUT2D eigenvalue weighted by molar-refractivity contribution is 0.234. The smallest absolute Gasteiger partial charge is 0.143 e. The highest BCUT2D eigenvalue weighted by Gasteiger charge is 2.08. The van der Waals surface area contributed by atoms with E-state index in [1.54, 1.807) is 18.2 Å². The van der Waals surface area contributed by atoms with Gasteiger partial charge in [0.2, 0.25) is 0 Å². The van der Waals surface area contributed by atoms with Gasteiger partial charge in [0.25, 0.3) is 0 Å². The minimum atomic E-state index is 0.476. The quantitative estimate of drug-likeness (QED) is 0.608. The molecular weight excluding hydrogens is 353 g/mol. The number of hydrogen-bond donors (Lipinski definition) is 0. The van der Waals surface area contributed by atoms with Crippen molar-refractivity contribution in [3.63, 3.8) is 0 Å². The van der Waals surface area contributed by atoms with Gasteiger partial charge in [0.15, 0.2) is 0 Å². The van der Waals surface area contributed by atoms with Crippen molar-refractivity contribution >= 4 is 23.2 Å². The Balaban J connectivity index is 1.64. The summed E-state index contributed by atoms with van der Waals surface area (Å²) in [5.41, 5.74) is 0.882. The van der Waals surface area contributed by atoms with Crippen LogP contribution in [-0.4, -0.2) is 24.5 Å². The molecule has 0 amide bonds. The molecule has 0 saturated carbocycles. The SMILES string of the molecule is Clc1ccc(Oc2ccccc2C#CCCN2CCCCC2)cc1Cl. The van der Waals surface area contributed by atoms with E-state index >= 15 is 0 Å². The molecule has 1 fully saturated rings.